The predicted octanol–water partition coefficient (Wildman–Crippen LogP) is 4.65. The van der Waals surface area contributed by atoms with Crippen molar-refractivity contribution in [2.75, 3.05) is 6.61 Å². The zero-order chi connectivity index (χ0) is 21.3. The van der Waals surface area contributed by atoms with Crippen LogP contribution in [0.15, 0.2) is 51.4 Å². The van der Waals surface area contributed by atoms with Gasteiger partial charge in [-0.05, 0) is 6.92 Å². The van der Waals surface area contributed by atoms with Gasteiger partial charge in [-0.2, -0.15) is 9.61 Å². The van der Waals surface area contributed by atoms with Crippen LogP contribution in [0, 0.1) is 0 Å². The third kappa shape index (κ3) is 3.86. The summed E-state index contributed by atoms with van der Waals surface area (Å²) in [7, 11) is 0. The highest BCUT2D eigenvalue weighted by molar-refractivity contribution is 7.15. The second-order valence-electron chi connectivity index (χ2n) is 7.57. The standard InChI is InChI=1S/C20H21N7O2S/c1-5-29-17-15(22-24-19-25-23-18(30-19)20(2,3)4)16(28)21-14-11-13(26-27(14)17)12-9-7-6-8-10-12/h6-11H,5H2,1-4H3,(H,21,28). The Kier molecular flexibility index (Phi) is 5.17. The second-order valence-corrected chi connectivity index (χ2v) is 8.53. The smallest absolute Gasteiger partial charge is 0.283 e. The van der Waals surface area contributed by atoms with Gasteiger partial charge in [0.1, 0.15) is 10.7 Å². The summed E-state index contributed by atoms with van der Waals surface area (Å²) >= 11 is 1.33. The van der Waals surface area contributed by atoms with Gasteiger partial charge in [0.05, 0.1) is 12.3 Å². The molecule has 1 N–H and O–H groups in total. The molecule has 0 radical (unpaired) electrons. The van der Waals surface area contributed by atoms with E-state index in [2.05, 4.69) is 30.5 Å². The first-order valence-electron chi connectivity index (χ1n) is 9.47. The first-order chi connectivity index (χ1) is 14.4. The van der Waals surface area contributed by atoms with Crippen molar-refractivity contribution in [1.29, 1.82) is 0 Å². The maximum absolute atomic E-state index is 12.7. The van der Waals surface area contributed by atoms with Gasteiger partial charge in [-0.1, -0.05) is 62.4 Å². The molecule has 10 heteroatoms. The number of azo groups is 1. The van der Waals surface area contributed by atoms with Gasteiger partial charge >= 0.3 is 0 Å². The van der Waals surface area contributed by atoms with Crippen molar-refractivity contribution in [2.45, 2.75) is 33.1 Å². The minimum absolute atomic E-state index is 0.0274. The number of benzene rings is 1. The van der Waals surface area contributed by atoms with Crippen molar-refractivity contribution < 1.29 is 4.74 Å². The summed E-state index contributed by atoms with van der Waals surface area (Å²) in [4.78, 5) is 15.5. The van der Waals surface area contributed by atoms with E-state index in [9.17, 15) is 4.79 Å². The summed E-state index contributed by atoms with van der Waals surface area (Å²) in [5, 5.41) is 22.2. The number of H-pyrrole nitrogens is 1. The van der Waals surface area contributed by atoms with Gasteiger partial charge in [-0.3, -0.25) is 4.79 Å². The average molecular weight is 424 g/mol. The van der Waals surface area contributed by atoms with Crippen molar-refractivity contribution in [2.24, 2.45) is 10.2 Å². The molecule has 0 spiro atoms. The third-order valence-electron chi connectivity index (χ3n) is 4.20. The summed E-state index contributed by atoms with van der Waals surface area (Å²) < 4.78 is 7.25. The average Bonchev–Trinajstić information content (AvgIpc) is 3.35. The van der Waals surface area contributed by atoms with E-state index in [4.69, 9.17) is 4.74 Å². The van der Waals surface area contributed by atoms with Gasteiger partial charge in [-0.25, -0.2) is 0 Å². The molecular weight excluding hydrogens is 402 g/mol. The zero-order valence-corrected chi connectivity index (χ0v) is 17.9. The Morgan fingerprint density at radius 2 is 1.93 bits per heavy atom. The van der Waals surface area contributed by atoms with E-state index in [1.807, 2.05) is 58.0 Å². The van der Waals surface area contributed by atoms with E-state index in [1.54, 1.807) is 6.07 Å². The van der Waals surface area contributed by atoms with Crippen LogP contribution < -0.4 is 10.3 Å². The molecule has 0 atom stereocenters. The van der Waals surface area contributed by atoms with Crippen LogP contribution in [0.1, 0.15) is 32.7 Å². The van der Waals surface area contributed by atoms with Crippen LogP contribution in [0.3, 0.4) is 0 Å². The fourth-order valence-electron chi connectivity index (χ4n) is 2.75. The van der Waals surface area contributed by atoms with Gasteiger partial charge < -0.3 is 9.72 Å². The van der Waals surface area contributed by atoms with Gasteiger partial charge in [-0.15, -0.1) is 20.4 Å². The molecule has 4 rings (SSSR count). The molecule has 0 amide bonds. The highest BCUT2D eigenvalue weighted by Crippen LogP contribution is 2.32. The lowest BCUT2D eigenvalue weighted by atomic mass is 9.98. The Balaban J connectivity index is 1.79. The lowest BCUT2D eigenvalue weighted by Crippen LogP contribution is -2.12. The Labute approximate surface area is 176 Å². The molecule has 0 saturated carbocycles. The largest absolute Gasteiger partial charge is 0.476 e. The van der Waals surface area contributed by atoms with E-state index >= 15 is 0 Å². The quantitative estimate of drug-likeness (QED) is 0.470. The Morgan fingerprint density at radius 1 is 1.17 bits per heavy atom. The molecule has 30 heavy (non-hydrogen) atoms. The second kappa shape index (κ2) is 7.79. The number of nitrogens with one attached hydrogen (secondary N) is 1. The summed E-state index contributed by atoms with van der Waals surface area (Å²) in [5.41, 5.74) is 1.61. The molecule has 0 aliphatic carbocycles. The van der Waals surface area contributed by atoms with E-state index < -0.39 is 5.56 Å². The number of hydrogen-bond acceptors (Lipinski definition) is 8. The van der Waals surface area contributed by atoms with Crippen LogP contribution in [0.2, 0.25) is 0 Å². The van der Waals surface area contributed by atoms with Crippen molar-refractivity contribution in [3.8, 4) is 17.1 Å². The molecule has 0 bridgehead atoms. The van der Waals surface area contributed by atoms with Gasteiger partial charge in [0, 0.05) is 17.0 Å². The van der Waals surface area contributed by atoms with E-state index in [0.717, 1.165) is 10.6 Å². The third-order valence-corrected chi connectivity index (χ3v) is 5.44. The molecule has 4 aromatic rings. The summed E-state index contributed by atoms with van der Waals surface area (Å²) in [6.45, 7) is 8.30. The highest BCUT2D eigenvalue weighted by atomic mass is 32.1. The summed E-state index contributed by atoms with van der Waals surface area (Å²) in [6, 6.07) is 11.5. The Bertz CT molecular complexity index is 1270. The molecule has 3 aromatic heterocycles. The molecule has 9 nitrogen and oxygen atoms in total. The van der Waals surface area contributed by atoms with Crippen LogP contribution in [-0.4, -0.2) is 31.4 Å². The van der Waals surface area contributed by atoms with Crippen molar-refractivity contribution in [3.05, 3.63) is 51.8 Å². The first-order valence-corrected chi connectivity index (χ1v) is 10.3. The monoisotopic (exact) mass is 423 g/mol. The minimum Gasteiger partial charge on any atom is -0.476 e. The molecule has 154 valence electrons. The number of fused-ring (bicyclic) bond motifs is 1. The van der Waals surface area contributed by atoms with Gasteiger partial charge in [0.25, 0.3) is 16.6 Å². The molecular formula is C20H21N7O2S. The van der Waals surface area contributed by atoms with Crippen LogP contribution in [0.25, 0.3) is 16.9 Å². The SMILES string of the molecule is CCOc1c(N=Nc2nnc(C(C)(C)C)s2)c(=O)[nH]c2cc(-c3ccccc3)nn12. The van der Waals surface area contributed by atoms with Crippen LogP contribution >= 0.6 is 11.3 Å². The van der Waals surface area contributed by atoms with Gasteiger partial charge in [0.2, 0.25) is 5.69 Å². The fraction of sp³-hybridized carbons (Fsp3) is 0.300. The van der Waals surface area contributed by atoms with Crippen molar-refractivity contribution in [1.82, 2.24) is 24.8 Å². The Morgan fingerprint density at radius 3 is 2.60 bits per heavy atom. The molecule has 0 unspecified atom stereocenters. The molecule has 0 saturated heterocycles. The van der Waals surface area contributed by atoms with Crippen LogP contribution in [0.5, 0.6) is 5.88 Å². The maximum atomic E-state index is 12.7. The normalized spacial score (nSPS) is 12.1. The first kappa shape index (κ1) is 19.9. The number of aromatic nitrogens is 5. The number of hydrogen-bond donors (Lipinski definition) is 1. The lowest BCUT2D eigenvalue weighted by Gasteiger charge is -2.11. The van der Waals surface area contributed by atoms with Crippen molar-refractivity contribution in [3.63, 3.8) is 0 Å². The molecule has 3 heterocycles. The number of nitrogens with zero attached hydrogens (tertiary/aromatic N) is 6. The fourth-order valence-corrected chi connectivity index (χ4v) is 3.48. The Hall–Kier alpha value is -3.40. The van der Waals surface area contributed by atoms with E-state index in [1.165, 1.54) is 15.9 Å². The summed E-state index contributed by atoms with van der Waals surface area (Å²) in [5.74, 6) is 0.225. The molecule has 0 aliphatic rings. The highest BCUT2D eigenvalue weighted by Gasteiger charge is 2.20. The molecule has 0 fully saturated rings. The molecule has 1 aromatic carbocycles. The molecule has 0 aliphatic heterocycles. The van der Waals surface area contributed by atoms with E-state index in [-0.39, 0.29) is 17.0 Å². The van der Waals surface area contributed by atoms with Crippen LogP contribution in [-0.2, 0) is 5.41 Å². The number of aromatic amines is 1. The van der Waals surface area contributed by atoms with Gasteiger partial charge in [0.15, 0.2) is 0 Å². The minimum atomic E-state index is -0.422. The topological polar surface area (TPSA) is 110 Å². The van der Waals surface area contributed by atoms with E-state index in [0.29, 0.717) is 23.1 Å². The number of rotatable bonds is 5. The lowest BCUT2D eigenvalue weighted by molar-refractivity contribution is 0.318. The number of ether oxygens (including phenoxy) is 1. The van der Waals surface area contributed by atoms with Crippen molar-refractivity contribution >= 4 is 27.8 Å². The maximum Gasteiger partial charge on any atom is 0.283 e. The summed E-state index contributed by atoms with van der Waals surface area (Å²) in [6.07, 6.45) is 0. The van der Waals surface area contributed by atoms with Crippen LogP contribution in [0.4, 0.5) is 10.8 Å². The predicted molar refractivity (Wildman–Crippen MR) is 115 cm³/mol. The zero-order valence-electron chi connectivity index (χ0n) is 17.1.